The van der Waals surface area contributed by atoms with Crippen LogP contribution >= 0.6 is 0 Å². The molecule has 1 aliphatic heterocycles. The van der Waals surface area contributed by atoms with Crippen LogP contribution in [-0.4, -0.2) is 47.4 Å². The predicted octanol–water partition coefficient (Wildman–Crippen LogP) is 4.67. The highest BCUT2D eigenvalue weighted by molar-refractivity contribution is 6.09. The number of carbonyl (C=O) groups is 2. The van der Waals surface area contributed by atoms with E-state index >= 15 is 0 Å². The van der Waals surface area contributed by atoms with Crippen molar-refractivity contribution in [1.82, 2.24) is 20.5 Å². The molecule has 0 spiro atoms. The van der Waals surface area contributed by atoms with E-state index in [0.717, 1.165) is 29.4 Å². The number of piperazine rings is 1. The monoisotopic (exact) mass is 488 g/mol. The van der Waals surface area contributed by atoms with Crippen molar-refractivity contribution >= 4 is 22.7 Å². The molecule has 6 nitrogen and oxygen atoms in total. The molecule has 2 N–H and O–H groups in total. The molecule has 5 rings (SSSR count). The number of pyridine rings is 1. The molecule has 1 saturated carbocycles. The van der Waals surface area contributed by atoms with E-state index in [1.54, 1.807) is 12.1 Å². The lowest BCUT2D eigenvalue weighted by atomic mass is 9.84. The van der Waals surface area contributed by atoms with E-state index in [-0.39, 0.29) is 30.2 Å². The number of nitrogens with one attached hydrogen (secondary N) is 2. The molecule has 1 atom stereocenters. The van der Waals surface area contributed by atoms with Crippen molar-refractivity contribution in [2.24, 2.45) is 5.92 Å². The zero-order valence-electron chi connectivity index (χ0n) is 20.7. The minimum Gasteiger partial charge on any atom is -0.354 e. The highest BCUT2D eigenvalue weighted by atomic mass is 19.1. The quantitative estimate of drug-likeness (QED) is 0.529. The SMILES string of the molecule is C[C@H](NC(=O)c1c(CN2CCNC(=O)C2)c(-c2ccc(F)cc2)nc2ccccc12)C1CCCCC1. The third-order valence-electron chi connectivity index (χ3n) is 7.55. The Balaban J connectivity index is 1.61. The number of benzene rings is 2. The molecule has 1 aliphatic carbocycles. The highest BCUT2D eigenvalue weighted by Gasteiger charge is 2.28. The van der Waals surface area contributed by atoms with Gasteiger partial charge in [0.15, 0.2) is 0 Å². The fourth-order valence-electron chi connectivity index (χ4n) is 5.59. The molecule has 3 aromatic rings. The van der Waals surface area contributed by atoms with Crippen LogP contribution in [0.5, 0.6) is 0 Å². The van der Waals surface area contributed by atoms with Crippen LogP contribution in [0, 0.1) is 11.7 Å². The van der Waals surface area contributed by atoms with Gasteiger partial charge in [-0.25, -0.2) is 9.37 Å². The topological polar surface area (TPSA) is 74.3 Å². The third-order valence-corrected chi connectivity index (χ3v) is 7.55. The number of hydrogen-bond donors (Lipinski definition) is 2. The molecule has 1 aromatic heterocycles. The Morgan fingerprint density at radius 1 is 1.14 bits per heavy atom. The Hall–Kier alpha value is -3.32. The first-order valence-electron chi connectivity index (χ1n) is 13.0. The number of aromatic nitrogens is 1. The maximum Gasteiger partial charge on any atom is 0.252 e. The zero-order valence-corrected chi connectivity index (χ0v) is 20.7. The van der Waals surface area contributed by atoms with Crippen molar-refractivity contribution in [2.45, 2.75) is 51.6 Å². The molecular weight excluding hydrogens is 455 g/mol. The Morgan fingerprint density at radius 3 is 2.64 bits per heavy atom. The summed E-state index contributed by atoms with van der Waals surface area (Å²) in [5.74, 6) is -0.00331. The fraction of sp³-hybridized carbons (Fsp3) is 0.414. The summed E-state index contributed by atoms with van der Waals surface area (Å²) in [6, 6.07) is 13.9. The standard InChI is InChI=1S/C29H33FN4O2/c1-19(20-7-3-2-4-8-20)32-29(36)27-23-9-5-6-10-25(23)33-28(21-11-13-22(30)14-12-21)24(27)17-34-16-15-31-26(35)18-34/h5-6,9-14,19-20H,2-4,7-8,15-18H2,1H3,(H,31,35)(H,32,36)/t19-/m0/s1. The minimum atomic E-state index is -0.326. The fourth-order valence-corrected chi connectivity index (χ4v) is 5.59. The summed E-state index contributed by atoms with van der Waals surface area (Å²) >= 11 is 0. The van der Waals surface area contributed by atoms with E-state index in [9.17, 15) is 14.0 Å². The van der Waals surface area contributed by atoms with Gasteiger partial charge < -0.3 is 10.6 Å². The summed E-state index contributed by atoms with van der Waals surface area (Å²) in [4.78, 5) is 33.1. The van der Waals surface area contributed by atoms with Crippen LogP contribution in [0.25, 0.3) is 22.2 Å². The van der Waals surface area contributed by atoms with Crippen LogP contribution in [-0.2, 0) is 11.3 Å². The molecule has 2 aliphatic rings. The van der Waals surface area contributed by atoms with Crippen molar-refractivity contribution in [3.63, 3.8) is 0 Å². The predicted molar refractivity (Wildman–Crippen MR) is 139 cm³/mol. The Labute approximate surface area is 211 Å². The van der Waals surface area contributed by atoms with E-state index in [0.29, 0.717) is 42.3 Å². The van der Waals surface area contributed by atoms with E-state index in [2.05, 4.69) is 17.6 Å². The van der Waals surface area contributed by atoms with Gasteiger partial charge in [-0.3, -0.25) is 14.5 Å². The van der Waals surface area contributed by atoms with E-state index < -0.39 is 0 Å². The van der Waals surface area contributed by atoms with Gasteiger partial charge in [-0.05, 0) is 56.0 Å². The number of fused-ring (bicyclic) bond motifs is 1. The minimum absolute atomic E-state index is 0.0322. The van der Waals surface area contributed by atoms with Gasteiger partial charge in [0.25, 0.3) is 5.91 Å². The Bertz CT molecular complexity index is 1250. The van der Waals surface area contributed by atoms with Crippen molar-refractivity contribution in [3.8, 4) is 11.3 Å². The molecule has 1 saturated heterocycles. The molecule has 7 heteroatoms. The number of para-hydroxylation sites is 1. The van der Waals surface area contributed by atoms with E-state index in [1.165, 1.54) is 31.4 Å². The molecular formula is C29H33FN4O2. The largest absolute Gasteiger partial charge is 0.354 e. The van der Waals surface area contributed by atoms with Gasteiger partial charge in [-0.1, -0.05) is 37.5 Å². The number of halogens is 1. The van der Waals surface area contributed by atoms with E-state index in [4.69, 9.17) is 4.98 Å². The van der Waals surface area contributed by atoms with Crippen LogP contribution in [0.1, 0.15) is 54.9 Å². The first-order valence-corrected chi connectivity index (χ1v) is 13.0. The molecule has 188 valence electrons. The van der Waals surface area contributed by atoms with Crippen LogP contribution in [0.15, 0.2) is 48.5 Å². The second kappa shape index (κ2) is 10.7. The second-order valence-corrected chi connectivity index (χ2v) is 10.1. The molecule has 2 heterocycles. The molecule has 0 unspecified atom stereocenters. The summed E-state index contributed by atoms with van der Waals surface area (Å²) in [6.07, 6.45) is 5.95. The molecule has 36 heavy (non-hydrogen) atoms. The number of rotatable bonds is 6. The van der Waals surface area contributed by atoms with Crippen LogP contribution < -0.4 is 10.6 Å². The summed E-state index contributed by atoms with van der Waals surface area (Å²) < 4.78 is 13.8. The third kappa shape index (κ3) is 5.26. The lowest BCUT2D eigenvalue weighted by molar-refractivity contribution is -0.124. The number of hydrogen-bond acceptors (Lipinski definition) is 4. The summed E-state index contributed by atoms with van der Waals surface area (Å²) in [5, 5.41) is 6.96. The molecule has 0 bridgehead atoms. The smallest absolute Gasteiger partial charge is 0.252 e. The maximum absolute atomic E-state index is 14.0. The number of nitrogens with zero attached hydrogens (tertiary/aromatic N) is 2. The van der Waals surface area contributed by atoms with Crippen LogP contribution in [0.4, 0.5) is 4.39 Å². The van der Waals surface area contributed by atoms with Gasteiger partial charge >= 0.3 is 0 Å². The number of carbonyl (C=O) groups excluding carboxylic acids is 2. The van der Waals surface area contributed by atoms with Crippen LogP contribution in [0.2, 0.25) is 0 Å². The maximum atomic E-state index is 14.0. The first kappa shape index (κ1) is 24.4. The average molecular weight is 489 g/mol. The average Bonchev–Trinajstić information content (AvgIpc) is 2.89. The van der Waals surface area contributed by atoms with E-state index in [1.807, 2.05) is 29.2 Å². The summed E-state index contributed by atoms with van der Waals surface area (Å²) in [6.45, 7) is 4.01. The number of amides is 2. The molecule has 2 aromatic carbocycles. The highest BCUT2D eigenvalue weighted by Crippen LogP contribution is 2.33. The van der Waals surface area contributed by atoms with Crippen LogP contribution in [0.3, 0.4) is 0 Å². The Morgan fingerprint density at radius 2 is 1.89 bits per heavy atom. The first-order chi connectivity index (χ1) is 17.5. The van der Waals surface area contributed by atoms with Crippen molar-refractivity contribution in [3.05, 3.63) is 65.5 Å². The van der Waals surface area contributed by atoms with Gasteiger partial charge in [0.05, 0.1) is 23.3 Å². The molecule has 2 fully saturated rings. The van der Waals surface area contributed by atoms with Gasteiger partial charge in [0.1, 0.15) is 5.82 Å². The van der Waals surface area contributed by atoms with Crippen molar-refractivity contribution in [1.29, 1.82) is 0 Å². The van der Waals surface area contributed by atoms with Crippen molar-refractivity contribution < 1.29 is 14.0 Å². The molecule has 0 radical (unpaired) electrons. The lowest BCUT2D eigenvalue weighted by Crippen LogP contribution is -2.47. The summed E-state index contributed by atoms with van der Waals surface area (Å²) in [7, 11) is 0. The van der Waals surface area contributed by atoms with Gasteiger partial charge in [-0.15, -0.1) is 0 Å². The van der Waals surface area contributed by atoms with Gasteiger partial charge in [0, 0.05) is 42.2 Å². The molecule has 2 amide bonds. The van der Waals surface area contributed by atoms with Gasteiger partial charge in [0.2, 0.25) is 5.91 Å². The van der Waals surface area contributed by atoms with Gasteiger partial charge in [-0.2, -0.15) is 0 Å². The summed E-state index contributed by atoms with van der Waals surface area (Å²) in [5.41, 5.74) is 3.47. The Kier molecular flexibility index (Phi) is 7.28. The zero-order chi connectivity index (χ0) is 25.1. The van der Waals surface area contributed by atoms with Crippen molar-refractivity contribution in [2.75, 3.05) is 19.6 Å². The lowest BCUT2D eigenvalue weighted by Gasteiger charge is -2.30. The normalized spacial score (nSPS) is 18.1. The second-order valence-electron chi connectivity index (χ2n) is 10.1.